The summed E-state index contributed by atoms with van der Waals surface area (Å²) in [6, 6.07) is 7.17. The fourth-order valence-electron chi connectivity index (χ4n) is 2.61. The van der Waals surface area contributed by atoms with E-state index < -0.39 is 5.97 Å². The standard InChI is InChI=1S/C16H23NO3/c18-16(19)13-7-9-15(10-8-13)20-12-11-17-14-5-3-1-2-4-6-14/h7-10,14,17H,1-6,11-12H2,(H,18,19). The smallest absolute Gasteiger partial charge is 0.335 e. The fourth-order valence-corrected chi connectivity index (χ4v) is 2.61. The predicted molar refractivity (Wildman–Crippen MR) is 78.4 cm³/mol. The van der Waals surface area contributed by atoms with Crippen molar-refractivity contribution >= 4 is 5.97 Å². The molecule has 4 nitrogen and oxygen atoms in total. The Labute approximate surface area is 120 Å². The molecular weight excluding hydrogens is 254 g/mol. The third-order valence-corrected chi connectivity index (χ3v) is 3.76. The Morgan fingerprint density at radius 1 is 1.15 bits per heavy atom. The Morgan fingerprint density at radius 3 is 2.40 bits per heavy atom. The second kappa shape index (κ2) is 7.90. The SMILES string of the molecule is O=C(O)c1ccc(OCCNC2CCCCCC2)cc1. The molecule has 4 heteroatoms. The van der Waals surface area contributed by atoms with Crippen LogP contribution in [0.4, 0.5) is 0 Å². The molecule has 0 spiro atoms. The van der Waals surface area contributed by atoms with Crippen LogP contribution in [0.2, 0.25) is 0 Å². The highest BCUT2D eigenvalue weighted by Crippen LogP contribution is 2.17. The number of rotatable bonds is 6. The van der Waals surface area contributed by atoms with E-state index in [0.717, 1.165) is 12.3 Å². The largest absolute Gasteiger partial charge is 0.492 e. The lowest BCUT2D eigenvalue weighted by Gasteiger charge is -2.16. The zero-order chi connectivity index (χ0) is 14.2. The minimum absolute atomic E-state index is 0.286. The van der Waals surface area contributed by atoms with E-state index in [2.05, 4.69) is 5.32 Å². The molecule has 0 radical (unpaired) electrons. The normalized spacial score (nSPS) is 16.6. The lowest BCUT2D eigenvalue weighted by molar-refractivity contribution is 0.0697. The Morgan fingerprint density at radius 2 is 1.80 bits per heavy atom. The lowest BCUT2D eigenvalue weighted by atomic mass is 10.1. The number of benzene rings is 1. The van der Waals surface area contributed by atoms with Crippen molar-refractivity contribution in [2.45, 2.75) is 44.6 Å². The summed E-state index contributed by atoms with van der Waals surface area (Å²) in [5.41, 5.74) is 0.286. The van der Waals surface area contributed by atoms with Crippen molar-refractivity contribution in [2.24, 2.45) is 0 Å². The van der Waals surface area contributed by atoms with Crippen LogP contribution in [0, 0.1) is 0 Å². The average molecular weight is 277 g/mol. The van der Waals surface area contributed by atoms with Crippen LogP contribution in [-0.2, 0) is 0 Å². The van der Waals surface area contributed by atoms with E-state index in [-0.39, 0.29) is 5.56 Å². The summed E-state index contributed by atoms with van der Waals surface area (Å²) >= 11 is 0. The van der Waals surface area contributed by atoms with Crippen LogP contribution in [0.15, 0.2) is 24.3 Å². The predicted octanol–water partition coefficient (Wildman–Crippen LogP) is 3.08. The minimum Gasteiger partial charge on any atom is -0.492 e. The van der Waals surface area contributed by atoms with Gasteiger partial charge in [0.1, 0.15) is 12.4 Å². The number of nitrogens with one attached hydrogen (secondary N) is 1. The number of ether oxygens (including phenoxy) is 1. The first-order chi connectivity index (χ1) is 9.75. The van der Waals surface area contributed by atoms with Crippen LogP contribution in [0.25, 0.3) is 0 Å². The summed E-state index contributed by atoms with van der Waals surface area (Å²) in [5.74, 6) is -0.191. The van der Waals surface area contributed by atoms with Crippen LogP contribution in [-0.4, -0.2) is 30.3 Å². The molecule has 110 valence electrons. The molecule has 1 aromatic carbocycles. The Balaban J connectivity index is 1.66. The summed E-state index contributed by atoms with van der Waals surface area (Å²) in [5, 5.41) is 12.3. The zero-order valence-corrected chi connectivity index (χ0v) is 11.8. The molecule has 0 bridgehead atoms. The highest BCUT2D eigenvalue weighted by Gasteiger charge is 2.10. The number of aromatic carboxylic acids is 1. The van der Waals surface area contributed by atoms with Crippen LogP contribution in [0.3, 0.4) is 0 Å². The lowest BCUT2D eigenvalue weighted by Crippen LogP contribution is -2.32. The Kier molecular flexibility index (Phi) is 5.87. The van der Waals surface area contributed by atoms with Gasteiger partial charge in [0.2, 0.25) is 0 Å². The monoisotopic (exact) mass is 277 g/mol. The van der Waals surface area contributed by atoms with Crippen molar-refractivity contribution in [3.05, 3.63) is 29.8 Å². The van der Waals surface area contributed by atoms with E-state index in [0.29, 0.717) is 12.6 Å². The van der Waals surface area contributed by atoms with Crippen LogP contribution < -0.4 is 10.1 Å². The first-order valence-electron chi connectivity index (χ1n) is 7.45. The minimum atomic E-state index is -0.911. The van der Waals surface area contributed by atoms with Crippen LogP contribution in [0.5, 0.6) is 5.75 Å². The summed E-state index contributed by atoms with van der Waals surface area (Å²) < 4.78 is 5.61. The number of carboxylic acids is 1. The topological polar surface area (TPSA) is 58.6 Å². The number of carbonyl (C=O) groups is 1. The van der Waals surface area contributed by atoms with E-state index in [1.807, 2.05) is 0 Å². The molecule has 0 aromatic heterocycles. The first kappa shape index (κ1) is 14.9. The van der Waals surface area contributed by atoms with Gasteiger partial charge >= 0.3 is 5.97 Å². The molecule has 0 aliphatic heterocycles. The van der Waals surface area contributed by atoms with Crippen molar-refractivity contribution < 1.29 is 14.6 Å². The highest BCUT2D eigenvalue weighted by molar-refractivity contribution is 5.87. The third-order valence-electron chi connectivity index (χ3n) is 3.76. The van der Waals surface area contributed by atoms with Crippen molar-refractivity contribution in [3.8, 4) is 5.75 Å². The second-order valence-electron chi connectivity index (χ2n) is 5.32. The molecule has 0 heterocycles. The zero-order valence-electron chi connectivity index (χ0n) is 11.8. The van der Waals surface area contributed by atoms with Gasteiger partial charge in [0.25, 0.3) is 0 Å². The molecule has 0 amide bonds. The molecule has 20 heavy (non-hydrogen) atoms. The Bertz CT molecular complexity index is 408. The second-order valence-corrected chi connectivity index (χ2v) is 5.32. The van der Waals surface area contributed by atoms with E-state index in [4.69, 9.17) is 9.84 Å². The van der Waals surface area contributed by atoms with Gasteiger partial charge in [-0.1, -0.05) is 25.7 Å². The van der Waals surface area contributed by atoms with Crippen LogP contribution >= 0.6 is 0 Å². The summed E-state index contributed by atoms with van der Waals surface area (Å²) in [6.45, 7) is 1.45. The summed E-state index contributed by atoms with van der Waals surface area (Å²) in [6.07, 6.45) is 7.93. The average Bonchev–Trinajstić information content (AvgIpc) is 2.73. The van der Waals surface area contributed by atoms with E-state index in [1.54, 1.807) is 24.3 Å². The van der Waals surface area contributed by atoms with Gasteiger partial charge in [0, 0.05) is 12.6 Å². The first-order valence-corrected chi connectivity index (χ1v) is 7.45. The molecule has 1 aliphatic carbocycles. The number of hydrogen-bond donors (Lipinski definition) is 2. The molecule has 0 unspecified atom stereocenters. The summed E-state index contributed by atoms with van der Waals surface area (Å²) in [7, 11) is 0. The van der Waals surface area contributed by atoms with Gasteiger partial charge in [-0.3, -0.25) is 0 Å². The van der Waals surface area contributed by atoms with Crippen molar-refractivity contribution in [1.82, 2.24) is 5.32 Å². The Hall–Kier alpha value is -1.55. The maximum Gasteiger partial charge on any atom is 0.335 e. The molecule has 2 N–H and O–H groups in total. The van der Waals surface area contributed by atoms with Gasteiger partial charge in [-0.05, 0) is 37.1 Å². The summed E-state index contributed by atoms with van der Waals surface area (Å²) in [4.78, 5) is 10.7. The number of carboxylic acid groups (broad SMARTS) is 1. The van der Waals surface area contributed by atoms with Crippen LogP contribution in [0.1, 0.15) is 48.9 Å². The molecule has 1 aromatic rings. The van der Waals surface area contributed by atoms with E-state index >= 15 is 0 Å². The molecule has 2 rings (SSSR count). The van der Waals surface area contributed by atoms with Gasteiger partial charge in [0.15, 0.2) is 0 Å². The van der Waals surface area contributed by atoms with Gasteiger partial charge in [-0.2, -0.15) is 0 Å². The van der Waals surface area contributed by atoms with E-state index in [1.165, 1.54) is 38.5 Å². The van der Waals surface area contributed by atoms with Crippen molar-refractivity contribution in [2.75, 3.05) is 13.2 Å². The molecule has 1 aliphatic rings. The maximum atomic E-state index is 10.7. The highest BCUT2D eigenvalue weighted by atomic mass is 16.5. The molecule has 0 saturated heterocycles. The maximum absolute atomic E-state index is 10.7. The molecule has 1 fully saturated rings. The van der Waals surface area contributed by atoms with E-state index in [9.17, 15) is 4.79 Å². The molecule has 1 saturated carbocycles. The number of hydrogen-bond acceptors (Lipinski definition) is 3. The van der Waals surface area contributed by atoms with Crippen molar-refractivity contribution in [3.63, 3.8) is 0 Å². The molecular formula is C16H23NO3. The third kappa shape index (κ3) is 4.85. The molecule has 0 atom stereocenters. The quantitative estimate of drug-likeness (QED) is 0.619. The fraction of sp³-hybridized carbons (Fsp3) is 0.562. The van der Waals surface area contributed by atoms with Crippen molar-refractivity contribution in [1.29, 1.82) is 0 Å². The van der Waals surface area contributed by atoms with Gasteiger partial charge in [-0.15, -0.1) is 0 Å². The van der Waals surface area contributed by atoms with Gasteiger partial charge in [0.05, 0.1) is 5.56 Å². The van der Waals surface area contributed by atoms with Gasteiger partial charge < -0.3 is 15.2 Å². The van der Waals surface area contributed by atoms with Gasteiger partial charge in [-0.25, -0.2) is 4.79 Å².